The van der Waals surface area contributed by atoms with Crippen LogP contribution in [-0.2, 0) is 11.3 Å². The van der Waals surface area contributed by atoms with Crippen molar-refractivity contribution < 1.29 is 9.18 Å². The number of carbonyl (C=O) groups is 1. The summed E-state index contributed by atoms with van der Waals surface area (Å²) in [5.41, 5.74) is 1.88. The van der Waals surface area contributed by atoms with E-state index < -0.39 is 0 Å². The number of rotatable bonds is 6. The Morgan fingerprint density at radius 2 is 2.13 bits per heavy atom. The Hall–Kier alpha value is -3.16. The van der Waals surface area contributed by atoms with Gasteiger partial charge < -0.3 is 20.9 Å². The van der Waals surface area contributed by atoms with Crippen LogP contribution >= 0.6 is 0 Å². The lowest BCUT2D eigenvalue weighted by Crippen LogP contribution is -2.44. The molecule has 31 heavy (non-hydrogen) atoms. The lowest BCUT2D eigenvalue weighted by Gasteiger charge is -2.24. The first-order valence-electron chi connectivity index (χ1n) is 10.8. The topological polar surface area (TPSA) is 81.6 Å². The SMILES string of the molecule is CN=C(NCc1cccc(NC(=O)C2CCC2)c1)NC1CCN(c2ncccc2F)C1. The molecule has 1 atom stereocenters. The highest BCUT2D eigenvalue weighted by Gasteiger charge is 2.26. The molecule has 2 fully saturated rings. The number of anilines is 2. The number of aliphatic imine (C=N–C) groups is 1. The molecule has 1 amide bonds. The summed E-state index contributed by atoms with van der Waals surface area (Å²) in [6.07, 6.45) is 5.60. The zero-order valence-corrected chi connectivity index (χ0v) is 17.8. The molecule has 1 aromatic heterocycles. The molecule has 1 aliphatic heterocycles. The Bertz CT molecular complexity index is 945. The van der Waals surface area contributed by atoms with E-state index >= 15 is 0 Å². The maximum absolute atomic E-state index is 14.0. The third kappa shape index (κ3) is 5.31. The van der Waals surface area contributed by atoms with Gasteiger partial charge in [0.15, 0.2) is 17.6 Å². The molecule has 2 aromatic rings. The molecule has 1 unspecified atom stereocenters. The molecule has 2 aliphatic rings. The molecule has 0 bridgehead atoms. The number of pyridine rings is 1. The van der Waals surface area contributed by atoms with Gasteiger partial charge in [-0.05, 0) is 49.1 Å². The van der Waals surface area contributed by atoms with Crippen molar-refractivity contribution in [3.8, 4) is 0 Å². The predicted octanol–water partition coefficient (Wildman–Crippen LogP) is 2.90. The van der Waals surface area contributed by atoms with Crippen LogP contribution in [0.2, 0.25) is 0 Å². The van der Waals surface area contributed by atoms with Crippen LogP contribution in [0.15, 0.2) is 47.6 Å². The summed E-state index contributed by atoms with van der Waals surface area (Å²) in [4.78, 5) is 22.6. The number of carbonyl (C=O) groups excluding carboxylic acids is 1. The van der Waals surface area contributed by atoms with Gasteiger partial charge in [-0.2, -0.15) is 0 Å². The van der Waals surface area contributed by atoms with E-state index in [0.29, 0.717) is 24.9 Å². The van der Waals surface area contributed by atoms with E-state index in [-0.39, 0.29) is 23.7 Å². The standard InChI is InChI=1S/C23H29FN6O/c1-25-23(29-19-10-12-30(15-19)21-20(24)9-4-11-26-21)27-14-16-5-2-8-18(13-16)28-22(31)17-6-3-7-17/h2,4-5,8-9,11,13,17,19H,3,6-7,10,12,14-15H2,1H3,(H,28,31)(H2,25,27,29). The van der Waals surface area contributed by atoms with Crippen LogP contribution in [0, 0.1) is 11.7 Å². The Kier molecular flexibility index (Phi) is 6.64. The first kappa shape index (κ1) is 21.1. The van der Waals surface area contributed by atoms with Crippen molar-refractivity contribution in [2.24, 2.45) is 10.9 Å². The van der Waals surface area contributed by atoms with E-state index in [4.69, 9.17) is 0 Å². The molecular weight excluding hydrogens is 395 g/mol. The average Bonchev–Trinajstić information content (AvgIpc) is 3.18. The summed E-state index contributed by atoms with van der Waals surface area (Å²) in [7, 11) is 1.73. The maximum atomic E-state index is 14.0. The number of nitrogens with zero attached hydrogens (tertiary/aromatic N) is 3. The number of aromatic nitrogens is 1. The number of nitrogens with one attached hydrogen (secondary N) is 3. The fourth-order valence-electron chi connectivity index (χ4n) is 3.93. The average molecular weight is 425 g/mol. The molecule has 1 aromatic carbocycles. The summed E-state index contributed by atoms with van der Waals surface area (Å²) in [6.45, 7) is 1.99. The second kappa shape index (κ2) is 9.76. The smallest absolute Gasteiger partial charge is 0.227 e. The highest BCUT2D eigenvalue weighted by molar-refractivity contribution is 5.93. The first-order chi connectivity index (χ1) is 15.1. The van der Waals surface area contributed by atoms with Crippen molar-refractivity contribution in [1.82, 2.24) is 15.6 Å². The molecular formula is C23H29FN6O. The monoisotopic (exact) mass is 424 g/mol. The Balaban J connectivity index is 1.28. The largest absolute Gasteiger partial charge is 0.352 e. The molecule has 1 saturated carbocycles. The van der Waals surface area contributed by atoms with E-state index in [2.05, 4.69) is 25.9 Å². The normalized spacial score (nSPS) is 19.1. The molecule has 0 radical (unpaired) electrons. The third-order valence-electron chi connectivity index (χ3n) is 5.92. The molecule has 2 heterocycles. The van der Waals surface area contributed by atoms with Gasteiger partial charge >= 0.3 is 0 Å². The Labute approximate surface area is 182 Å². The first-order valence-corrected chi connectivity index (χ1v) is 10.8. The lowest BCUT2D eigenvalue weighted by molar-refractivity contribution is -0.122. The van der Waals surface area contributed by atoms with Crippen molar-refractivity contribution in [2.75, 3.05) is 30.4 Å². The van der Waals surface area contributed by atoms with Gasteiger partial charge in [-0.1, -0.05) is 18.6 Å². The van der Waals surface area contributed by atoms with Crippen LogP contribution in [0.1, 0.15) is 31.2 Å². The van der Waals surface area contributed by atoms with Gasteiger partial charge in [0.25, 0.3) is 0 Å². The quantitative estimate of drug-likeness (QED) is 0.491. The van der Waals surface area contributed by atoms with Gasteiger partial charge in [0, 0.05) is 50.5 Å². The molecule has 1 saturated heterocycles. The Morgan fingerprint density at radius 1 is 1.26 bits per heavy atom. The van der Waals surface area contributed by atoms with Gasteiger partial charge in [-0.15, -0.1) is 0 Å². The predicted molar refractivity (Wildman–Crippen MR) is 121 cm³/mol. The van der Waals surface area contributed by atoms with E-state index in [1.165, 1.54) is 6.07 Å². The molecule has 164 valence electrons. The molecule has 0 spiro atoms. The molecule has 1 aliphatic carbocycles. The van der Waals surface area contributed by atoms with Crippen molar-refractivity contribution >= 4 is 23.4 Å². The van der Waals surface area contributed by atoms with Gasteiger partial charge in [-0.3, -0.25) is 9.79 Å². The summed E-state index contributed by atoms with van der Waals surface area (Å²) in [5, 5.41) is 9.75. The second-order valence-corrected chi connectivity index (χ2v) is 8.13. The number of halogens is 1. The maximum Gasteiger partial charge on any atom is 0.227 e. The number of hydrogen-bond acceptors (Lipinski definition) is 4. The lowest BCUT2D eigenvalue weighted by atomic mass is 9.85. The number of guanidine groups is 1. The van der Waals surface area contributed by atoms with Crippen molar-refractivity contribution in [3.05, 3.63) is 54.0 Å². The number of amides is 1. The van der Waals surface area contributed by atoms with Crippen LogP contribution in [0.3, 0.4) is 0 Å². The van der Waals surface area contributed by atoms with Gasteiger partial charge in [0.05, 0.1) is 0 Å². The van der Waals surface area contributed by atoms with E-state index in [0.717, 1.165) is 43.5 Å². The van der Waals surface area contributed by atoms with Crippen molar-refractivity contribution in [1.29, 1.82) is 0 Å². The molecule has 7 nitrogen and oxygen atoms in total. The van der Waals surface area contributed by atoms with Crippen LogP contribution in [0.4, 0.5) is 15.9 Å². The summed E-state index contributed by atoms with van der Waals surface area (Å²) in [6, 6.07) is 11.0. The van der Waals surface area contributed by atoms with Gasteiger partial charge in [0.1, 0.15) is 0 Å². The minimum atomic E-state index is -0.296. The van der Waals surface area contributed by atoms with E-state index in [1.807, 2.05) is 29.2 Å². The fourth-order valence-corrected chi connectivity index (χ4v) is 3.93. The van der Waals surface area contributed by atoms with Crippen molar-refractivity contribution in [2.45, 2.75) is 38.3 Å². The summed E-state index contributed by atoms with van der Waals surface area (Å²) < 4.78 is 14.0. The highest BCUT2D eigenvalue weighted by Crippen LogP contribution is 2.27. The zero-order valence-electron chi connectivity index (χ0n) is 17.8. The van der Waals surface area contributed by atoms with Crippen LogP contribution in [0.25, 0.3) is 0 Å². The Morgan fingerprint density at radius 3 is 2.87 bits per heavy atom. The minimum absolute atomic E-state index is 0.115. The van der Waals surface area contributed by atoms with Crippen LogP contribution in [0.5, 0.6) is 0 Å². The molecule has 4 rings (SSSR count). The zero-order chi connectivity index (χ0) is 21.6. The summed E-state index contributed by atoms with van der Waals surface area (Å²) in [5.74, 6) is 1.07. The van der Waals surface area contributed by atoms with E-state index in [9.17, 15) is 9.18 Å². The van der Waals surface area contributed by atoms with Crippen molar-refractivity contribution in [3.63, 3.8) is 0 Å². The molecule has 8 heteroatoms. The van der Waals surface area contributed by atoms with Gasteiger partial charge in [-0.25, -0.2) is 9.37 Å². The number of hydrogen-bond donors (Lipinski definition) is 3. The van der Waals surface area contributed by atoms with Crippen LogP contribution < -0.4 is 20.9 Å². The minimum Gasteiger partial charge on any atom is -0.352 e. The van der Waals surface area contributed by atoms with Gasteiger partial charge in [0.2, 0.25) is 5.91 Å². The fraction of sp³-hybridized carbons (Fsp3) is 0.435. The second-order valence-electron chi connectivity index (χ2n) is 8.13. The van der Waals surface area contributed by atoms with Crippen LogP contribution in [-0.4, -0.2) is 43.0 Å². The number of benzene rings is 1. The molecule has 3 N–H and O–H groups in total. The highest BCUT2D eigenvalue weighted by atomic mass is 19.1. The summed E-state index contributed by atoms with van der Waals surface area (Å²) >= 11 is 0. The van der Waals surface area contributed by atoms with E-state index in [1.54, 1.807) is 19.3 Å². The third-order valence-corrected chi connectivity index (χ3v) is 5.92.